The number of rotatable bonds is 1. The van der Waals surface area contributed by atoms with Crippen molar-refractivity contribution in [1.82, 2.24) is 4.98 Å². The normalized spacial score (nSPS) is 11.0. The molecule has 2 rings (SSSR count). The smallest absolute Gasteiger partial charge is 0.290 e. The molecule has 0 aliphatic carbocycles. The molecule has 2 N–H and O–H groups in total. The van der Waals surface area contributed by atoms with Crippen molar-refractivity contribution >= 4 is 10.9 Å². The Morgan fingerprint density at radius 1 is 1.18 bits per heavy atom. The molecule has 0 spiro atoms. The maximum Gasteiger partial charge on any atom is 0.290 e. The molecular weight excluding hydrogens is 218 g/mol. The number of aromatic amines is 1. The fourth-order valence-electron chi connectivity index (χ4n) is 1.69. The summed E-state index contributed by atoms with van der Waals surface area (Å²) in [5, 5.41) is 9.70. The number of aromatic nitrogens is 1. The number of fused-ring (bicyclic) bond motifs is 1. The average molecular weight is 231 g/mol. The van der Waals surface area contributed by atoms with Crippen LogP contribution >= 0.6 is 0 Å². The molecule has 4 heteroatoms. The van der Waals surface area contributed by atoms with Gasteiger partial charge in [-0.05, 0) is 23.6 Å². The van der Waals surface area contributed by atoms with Crippen LogP contribution in [0.3, 0.4) is 0 Å². The lowest BCUT2D eigenvalue weighted by Crippen LogP contribution is -2.00. The van der Waals surface area contributed by atoms with Crippen LogP contribution in [0.25, 0.3) is 10.9 Å². The van der Waals surface area contributed by atoms with E-state index in [2.05, 4.69) is 4.98 Å². The first-order valence-corrected chi connectivity index (χ1v) is 5.39. The van der Waals surface area contributed by atoms with Gasteiger partial charge < -0.3 is 10.1 Å². The number of benzene rings is 1. The molecule has 0 unspecified atom stereocenters. The van der Waals surface area contributed by atoms with Gasteiger partial charge in [-0.1, -0.05) is 19.9 Å². The van der Waals surface area contributed by atoms with Gasteiger partial charge in [0.15, 0.2) is 11.2 Å². The topological polar surface area (TPSA) is 70.2 Å². The maximum absolute atomic E-state index is 11.7. The molecule has 0 amide bonds. The monoisotopic (exact) mass is 231 g/mol. The van der Waals surface area contributed by atoms with E-state index in [1.165, 1.54) is 0 Å². The minimum Gasteiger partial charge on any atom is -0.503 e. The summed E-state index contributed by atoms with van der Waals surface area (Å²) in [4.78, 5) is 25.7. The highest BCUT2D eigenvalue weighted by Crippen LogP contribution is 2.17. The molecule has 0 aliphatic heterocycles. The summed E-state index contributed by atoms with van der Waals surface area (Å²) < 4.78 is 0. The van der Waals surface area contributed by atoms with E-state index in [4.69, 9.17) is 0 Å². The molecule has 0 atom stereocenters. The van der Waals surface area contributed by atoms with Crippen molar-refractivity contribution in [3.05, 3.63) is 50.4 Å². The molecule has 0 aliphatic rings. The number of aromatic hydroxyl groups is 1. The zero-order chi connectivity index (χ0) is 12.6. The highest BCUT2D eigenvalue weighted by atomic mass is 16.3. The van der Waals surface area contributed by atoms with Gasteiger partial charge in [0.2, 0.25) is 0 Å². The summed E-state index contributed by atoms with van der Waals surface area (Å²) in [5.74, 6) is -0.255. The second kappa shape index (κ2) is 4.05. The van der Waals surface area contributed by atoms with Crippen LogP contribution in [0.4, 0.5) is 0 Å². The summed E-state index contributed by atoms with van der Waals surface area (Å²) >= 11 is 0. The third-order valence-corrected chi connectivity index (χ3v) is 2.72. The summed E-state index contributed by atoms with van der Waals surface area (Å²) in [6.45, 7) is 4.05. The molecule has 4 nitrogen and oxygen atoms in total. The van der Waals surface area contributed by atoms with Crippen molar-refractivity contribution in [3.8, 4) is 5.75 Å². The van der Waals surface area contributed by atoms with E-state index in [9.17, 15) is 14.7 Å². The molecule has 0 fully saturated rings. The minimum absolute atomic E-state index is 0.303. The van der Waals surface area contributed by atoms with Crippen molar-refractivity contribution < 1.29 is 5.11 Å². The summed E-state index contributed by atoms with van der Waals surface area (Å²) in [6.07, 6.45) is 0. The lowest BCUT2D eigenvalue weighted by Gasteiger charge is -2.04. The number of nitrogens with one attached hydrogen (secondary N) is 1. The van der Waals surface area contributed by atoms with Crippen LogP contribution in [0.5, 0.6) is 5.75 Å². The molecule has 17 heavy (non-hydrogen) atoms. The Morgan fingerprint density at radius 2 is 1.88 bits per heavy atom. The van der Waals surface area contributed by atoms with E-state index in [1.807, 2.05) is 19.9 Å². The van der Waals surface area contributed by atoms with Crippen molar-refractivity contribution in [2.24, 2.45) is 0 Å². The van der Waals surface area contributed by atoms with E-state index in [-0.39, 0.29) is 5.43 Å². The van der Waals surface area contributed by atoms with E-state index in [0.29, 0.717) is 16.8 Å². The van der Waals surface area contributed by atoms with Crippen LogP contribution in [0.1, 0.15) is 25.3 Å². The molecule has 1 heterocycles. The number of H-pyrrole nitrogens is 1. The fourth-order valence-corrected chi connectivity index (χ4v) is 1.69. The first kappa shape index (κ1) is 11.4. The lowest BCUT2D eigenvalue weighted by atomic mass is 10.0. The fraction of sp³-hybridized carbons (Fsp3) is 0.231. The first-order chi connectivity index (χ1) is 7.99. The van der Waals surface area contributed by atoms with Crippen molar-refractivity contribution in [1.29, 1.82) is 0 Å². The van der Waals surface area contributed by atoms with Crippen LogP contribution in [0.2, 0.25) is 0 Å². The zero-order valence-corrected chi connectivity index (χ0v) is 9.65. The largest absolute Gasteiger partial charge is 0.503 e. The highest BCUT2D eigenvalue weighted by Gasteiger charge is 2.05. The standard InChI is InChI=1S/C13H13NO3/c1-7(2)8-3-4-9-10(5-8)14-13(17)12(16)6-11(9)15/h3-7,16H,1-2H3,(H,14,17). The van der Waals surface area contributed by atoms with E-state index in [1.54, 1.807) is 12.1 Å². The molecule has 1 aromatic heterocycles. The predicted octanol–water partition coefficient (Wildman–Crippen LogP) is 1.72. The van der Waals surface area contributed by atoms with E-state index in [0.717, 1.165) is 11.6 Å². The van der Waals surface area contributed by atoms with Gasteiger partial charge in [-0.3, -0.25) is 9.59 Å². The van der Waals surface area contributed by atoms with E-state index >= 15 is 0 Å². The molecule has 0 saturated heterocycles. The van der Waals surface area contributed by atoms with Crippen LogP contribution in [0.15, 0.2) is 33.9 Å². The van der Waals surface area contributed by atoms with Crippen LogP contribution in [-0.2, 0) is 0 Å². The highest BCUT2D eigenvalue weighted by molar-refractivity contribution is 5.78. The Morgan fingerprint density at radius 3 is 2.53 bits per heavy atom. The van der Waals surface area contributed by atoms with Crippen molar-refractivity contribution in [3.63, 3.8) is 0 Å². The third kappa shape index (κ3) is 2.06. The summed E-state index contributed by atoms with van der Waals surface area (Å²) in [7, 11) is 0. The van der Waals surface area contributed by atoms with Crippen molar-refractivity contribution in [2.45, 2.75) is 19.8 Å². The van der Waals surface area contributed by atoms with Gasteiger partial charge in [0.05, 0.1) is 5.52 Å². The summed E-state index contributed by atoms with van der Waals surface area (Å²) in [6, 6.07) is 6.23. The number of hydrogen-bond acceptors (Lipinski definition) is 3. The Kier molecular flexibility index (Phi) is 2.71. The van der Waals surface area contributed by atoms with Gasteiger partial charge in [0.1, 0.15) is 0 Å². The van der Waals surface area contributed by atoms with Crippen LogP contribution in [0, 0.1) is 0 Å². The second-order valence-corrected chi connectivity index (χ2v) is 4.31. The molecular formula is C13H13NO3. The molecule has 88 valence electrons. The maximum atomic E-state index is 11.7. The quantitative estimate of drug-likeness (QED) is 0.785. The molecule has 0 bridgehead atoms. The minimum atomic E-state index is -0.655. The Balaban J connectivity index is 2.93. The van der Waals surface area contributed by atoms with Gasteiger partial charge in [-0.2, -0.15) is 0 Å². The molecule has 1 aromatic carbocycles. The Bertz CT molecular complexity index is 686. The van der Waals surface area contributed by atoms with E-state index < -0.39 is 11.3 Å². The third-order valence-electron chi connectivity index (χ3n) is 2.72. The Hall–Kier alpha value is -2.10. The van der Waals surface area contributed by atoms with Gasteiger partial charge in [0.25, 0.3) is 5.56 Å². The predicted molar refractivity (Wildman–Crippen MR) is 66.6 cm³/mol. The lowest BCUT2D eigenvalue weighted by molar-refractivity contribution is 0.468. The first-order valence-electron chi connectivity index (χ1n) is 5.39. The zero-order valence-electron chi connectivity index (χ0n) is 9.65. The SMILES string of the molecule is CC(C)c1ccc2c(=O)cc(O)c(=O)[nH]c2c1. The molecule has 0 saturated carbocycles. The Labute approximate surface area is 97.6 Å². The van der Waals surface area contributed by atoms with Crippen LogP contribution < -0.4 is 11.0 Å². The van der Waals surface area contributed by atoms with Crippen molar-refractivity contribution in [2.75, 3.05) is 0 Å². The van der Waals surface area contributed by atoms with Gasteiger partial charge in [-0.25, -0.2) is 0 Å². The second-order valence-electron chi connectivity index (χ2n) is 4.31. The summed E-state index contributed by atoms with van der Waals surface area (Å²) in [5.41, 5.74) is 0.453. The number of hydrogen-bond donors (Lipinski definition) is 2. The average Bonchev–Trinajstić information content (AvgIpc) is 2.37. The van der Waals surface area contributed by atoms with Gasteiger partial charge in [0, 0.05) is 11.5 Å². The molecule has 2 aromatic rings. The van der Waals surface area contributed by atoms with Gasteiger partial charge >= 0.3 is 0 Å². The van der Waals surface area contributed by atoms with Gasteiger partial charge in [-0.15, -0.1) is 0 Å². The molecule has 0 radical (unpaired) electrons. The van der Waals surface area contributed by atoms with Crippen LogP contribution in [-0.4, -0.2) is 10.1 Å².